The van der Waals surface area contributed by atoms with Gasteiger partial charge >= 0.3 is 0 Å². The maximum atomic E-state index is 14.9. The molecule has 0 unspecified atom stereocenters. The highest BCUT2D eigenvalue weighted by atomic mass is 19.1. The monoisotopic (exact) mass is 294 g/mol. The lowest BCUT2D eigenvalue weighted by atomic mass is 9.93. The molecule has 0 bridgehead atoms. The quantitative estimate of drug-likeness (QED) is 0.573. The molecule has 2 heteroatoms. The van der Waals surface area contributed by atoms with Crippen LogP contribution < -0.4 is 4.57 Å². The Morgan fingerprint density at radius 1 is 0.864 bits per heavy atom. The van der Waals surface area contributed by atoms with Gasteiger partial charge in [-0.05, 0) is 55.8 Å². The molecule has 0 saturated heterocycles. The van der Waals surface area contributed by atoms with E-state index in [4.69, 9.17) is 0 Å². The van der Waals surface area contributed by atoms with Gasteiger partial charge in [0.1, 0.15) is 12.9 Å². The summed E-state index contributed by atoms with van der Waals surface area (Å²) in [6.45, 7) is 7.97. The number of benzene rings is 2. The van der Waals surface area contributed by atoms with Gasteiger partial charge < -0.3 is 0 Å². The second-order valence-corrected chi connectivity index (χ2v) is 6.14. The van der Waals surface area contributed by atoms with Crippen LogP contribution in [0.1, 0.15) is 22.3 Å². The molecule has 3 aromatic rings. The molecule has 1 aromatic heterocycles. The van der Waals surface area contributed by atoms with Gasteiger partial charge in [0, 0.05) is 5.56 Å². The number of pyridine rings is 1. The van der Waals surface area contributed by atoms with Crippen molar-refractivity contribution < 1.29 is 8.96 Å². The molecule has 0 aliphatic rings. The number of fused-ring (bicyclic) bond motifs is 1. The van der Waals surface area contributed by atoms with Gasteiger partial charge in [0.15, 0.2) is 6.20 Å². The van der Waals surface area contributed by atoms with Crippen molar-refractivity contribution in [1.82, 2.24) is 0 Å². The summed E-state index contributed by atoms with van der Waals surface area (Å²) in [5.41, 5.74) is 5.69. The molecule has 0 N–H and O–H groups in total. The molecule has 1 nitrogen and oxygen atoms in total. The predicted molar refractivity (Wildman–Crippen MR) is 89.5 cm³/mol. The number of aromatic nitrogens is 1. The molecule has 0 radical (unpaired) electrons. The van der Waals surface area contributed by atoms with Crippen LogP contribution in [0.15, 0.2) is 36.5 Å². The molecule has 0 atom stereocenters. The largest absolute Gasteiger partial charge is 0.223 e. The van der Waals surface area contributed by atoms with Crippen LogP contribution >= 0.6 is 0 Å². The second-order valence-electron chi connectivity index (χ2n) is 6.14. The molecule has 112 valence electrons. The molecule has 0 aliphatic heterocycles. The van der Waals surface area contributed by atoms with Crippen LogP contribution in [0.3, 0.4) is 0 Å². The SMILES string of the molecule is Cc1cc(C)c(F)c(-c2c3ccccc3c(C)c[n+]2C)c1C. The van der Waals surface area contributed by atoms with E-state index in [1.807, 2.05) is 50.6 Å². The highest BCUT2D eigenvalue weighted by Crippen LogP contribution is 2.33. The zero-order chi connectivity index (χ0) is 16.0. The summed E-state index contributed by atoms with van der Waals surface area (Å²) in [7, 11) is 1.99. The van der Waals surface area contributed by atoms with E-state index >= 15 is 0 Å². The van der Waals surface area contributed by atoms with Gasteiger partial charge in [0.2, 0.25) is 5.69 Å². The number of hydrogen-bond acceptors (Lipinski definition) is 0. The van der Waals surface area contributed by atoms with Crippen molar-refractivity contribution in [3.05, 3.63) is 64.6 Å². The minimum Gasteiger partial charge on any atom is -0.206 e. The van der Waals surface area contributed by atoms with Crippen molar-refractivity contribution in [3.63, 3.8) is 0 Å². The van der Waals surface area contributed by atoms with Gasteiger partial charge in [-0.3, -0.25) is 0 Å². The second kappa shape index (κ2) is 5.20. The van der Waals surface area contributed by atoms with Gasteiger partial charge in [-0.2, -0.15) is 0 Å². The fourth-order valence-corrected chi connectivity index (χ4v) is 3.30. The first-order chi connectivity index (χ1) is 10.4. The lowest BCUT2D eigenvalue weighted by molar-refractivity contribution is -0.659. The Balaban J connectivity index is 2.52. The minimum absolute atomic E-state index is 0.118. The average molecular weight is 294 g/mol. The standard InChI is InChI=1S/C20H21FN/c1-12-10-13(2)19(21)18(15(12)4)20-17-9-7-6-8-16(17)14(3)11-22(20)5/h6-11H,1-5H3/q+1. The summed E-state index contributed by atoms with van der Waals surface area (Å²) in [5.74, 6) is -0.118. The fraction of sp³-hybridized carbons (Fsp3) is 0.250. The van der Waals surface area contributed by atoms with Crippen molar-refractivity contribution in [3.8, 4) is 11.3 Å². The maximum absolute atomic E-state index is 14.9. The summed E-state index contributed by atoms with van der Waals surface area (Å²) in [6, 6.07) is 10.1. The van der Waals surface area contributed by atoms with E-state index in [0.29, 0.717) is 5.56 Å². The van der Waals surface area contributed by atoms with E-state index in [1.165, 1.54) is 10.9 Å². The molecular weight excluding hydrogens is 273 g/mol. The van der Waals surface area contributed by atoms with Gasteiger partial charge in [-0.15, -0.1) is 0 Å². The third-order valence-electron chi connectivity index (χ3n) is 4.55. The van der Waals surface area contributed by atoms with Crippen LogP contribution in [0.4, 0.5) is 4.39 Å². The maximum Gasteiger partial charge on any atom is 0.223 e. The van der Waals surface area contributed by atoms with Crippen LogP contribution in [0.5, 0.6) is 0 Å². The normalized spacial score (nSPS) is 11.2. The summed E-state index contributed by atoms with van der Waals surface area (Å²) >= 11 is 0. The minimum atomic E-state index is -0.118. The average Bonchev–Trinajstić information content (AvgIpc) is 2.48. The van der Waals surface area contributed by atoms with E-state index in [9.17, 15) is 4.39 Å². The molecular formula is C20H21FN+. The molecule has 2 aromatic carbocycles. The Kier molecular flexibility index (Phi) is 3.48. The Morgan fingerprint density at radius 3 is 2.18 bits per heavy atom. The molecule has 22 heavy (non-hydrogen) atoms. The summed E-state index contributed by atoms with van der Waals surface area (Å²) in [5, 5.41) is 2.27. The summed E-state index contributed by atoms with van der Waals surface area (Å²) in [4.78, 5) is 0. The van der Waals surface area contributed by atoms with Gasteiger partial charge in [-0.25, -0.2) is 8.96 Å². The zero-order valence-electron chi connectivity index (χ0n) is 13.8. The molecule has 3 rings (SSSR count). The van der Waals surface area contributed by atoms with Gasteiger partial charge in [-0.1, -0.05) is 24.3 Å². The van der Waals surface area contributed by atoms with Crippen LogP contribution in [0, 0.1) is 33.5 Å². The number of hydrogen-bond donors (Lipinski definition) is 0. The topological polar surface area (TPSA) is 3.88 Å². The van der Waals surface area contributed by atoms with Gasteiger partial charge in [0.25, 0.3) is 0 Å². The summed E-state index contributed by atoms with van der Waals surface area (Å²) in [6.07, 6.45) is 2.08. The number of nitrogens with zero attached hydrogens (tertiary/aromatic N) is 1. The Hall–Kier alpha value is -2.22. The smallest absolute Gasteiger partial charge is 0.206 e. The molecule has 0 saturated carbocycles. The Morgan fingerprint density at radius 2 is 1.50 bits per heavy atom. The van der Waals surface area contributed by atoms with Crippen molar-refractivity contribution in [2.45, 2.75) is 27.7 Å². The van der Waals surface area contributed by atoms with Crippen LogP contribution in [0.25, 0.3) is 22.0 Å². The summed E-state index contributed by atoms with van der Waals surface area (Å²) < 4.78 is 17.0. The molecule has 0 amide bonds. The van der Waals surface area contributed by atoms with Crippen LogP contribution in [-0.4, -0.2) is 0 Å². The number of aryl methyl sites for hydroxylation is 4. The fourth-order valence-electron chi connectivity index (χ4n) is 3.30. The van der Waals surface area contributed by atoms with Crippen molar-refractivity contribution in [1.29, 1.82) is 0 Å². The highest BCUT2D eigenvalue weighted by molar-refractivity contribution is 5.95. The molecule has 0 fully saturated rings. The lowest BCUT2D eigenvalue weighted by Crippen LogP contribution is -2.32. The first-order valence-corrected chi connectivity index (χ1v) is 7.56. The Labute approximate surface area is 131 Å². The zero-order valence-corrected chi connectivity index (χ0v) is 13.8. The van der Waals surface area contributed by atoms with Gasteiger partial charge in [0.05, 0.1) is 10.9 Å². The lowest BCUT2D eigenvalue weighted by Gasteiger charge is -2.13. The van der Waals surface area contributed by atoms with E-state index in [0.717, 1.165) is 27.8 Å². The predicted octanol–water partition coefficient (Wildman–Crippen LogP) is 4.70. The van der Waals surface area contributed by atoms with Crippen molar-refractivity contribution >= 4 is 10.8 Å². The third-order valence-corrected chi connectivity index (χ3v) is 4.55. The van der Waals surface area contributed by atoms with E-state index < -0.39 is 0 Å². The Bertz CT molecular complexity index is 868. The highest BCUT2D eigenvalue weighted by Gasteiger charge is 2.24. The molecule has 0 aliphatic carbocycles. The van der Waals surface area contributed by atoms with E-state index in [2.05, 4.69) is 25.3 Å². The van der Waals surface area contributed by atoms with E-state index in [1.54, 1.807) is 0 Å². The first-order valence-electron chi connectivity index (χ1n) is 7.56. The first kappa shape index (κ1) is 14.7. The third kappa shape index (κ3) is 2.10. The molecule has 1 heterocycles. The van der Waals surface area contributed by atoms with E-state index in [-0.39, 0.29) is 5.82 Å². The molecule has 0 spiro atoms. The number of rotatable bonds is 1. The van der Waals surface area contributed by atoms with Crippen LogP contribution in [-0.2, 0) is 7.05 Å². The van der Waals surface area contributed by atoms with Crippen molar-refractivity contribution in [2.75, 3.05) is 0 Å². The number of halogens is 1. The van der Waals surface area contributed by atoms with Crippen LogP contribution in [0.2, 0.25) is 0 Å². The van der Waals surface area contributed by atoms with Crippen molar-refractivity contribution in [2.24, 2.45) is 7.05 Å².